The number of hydrogen-bond acceptors (Lipinski definition) is 4. The van der Waals surface area contributed by atoms with E-state index in [1.807, 2.05) is 25.6 Å². The highest BCUT2D eigenvalue weighted by atomic mass is 32.2. The fraction of sp³-hybridized carbons (Fsp3) is 1.00. The molecule has 0 aromatic rings. The zero-order valence-corrected chi connectivity index (χ0v) is 12.8. The van der Waals surface area contributed by atoms with Crippen LogP contribution in [0, 0.1) is 0 Å². The maximum atomic E-state index is 10.0. The second kappa shape index (κ2) is 5.70. The van der Waals surface area contributed by atoms with Crippen molar-refractivity contribution in [3.05, 3.63) is 0 Å². The van der Waals surface area contributed by atoms with Crippen LogP contribution in [0.2, 0.25) is 0 Å². The van der Waals surface area contributed by atoms with Crippen molar-refractivity contribution in [2.45, 2.75) is 57.3 Å². The number of ether oxygens (including phenoxy) is 1. The number of thioether (sulfide) groups is 1. The molecular weight excluding hydrogens is 246 g/mol. The first kappa shape index (κ1) is 14.6. The summed E-state index contributed by atoms with van der Waals surface area (Å²) in [5.74, 6) is 2.40. The second-order valence-electron chi connectivity index (χ2n) is 6.36. The van der Waals surface area contributed by atoms with Crippen LogP contribution in [-0.2, 0) is 4.74 Å². The van der Waals surface area contributed by atoms with Gasteiger partial charge in [0.2, 0.25) is 0 Å². The molecule has 4 heteroatoms. The third kappa shape index (κ3) is 3.62. The third-order valence-electron chi connectivity index (χ3n) is 4.05. The van der Waals surface area contributed by atoms with Crippen molar-refractivity contribution in [2.24, 2.45) is 0 Å². The van der Waals surface area contributed by atoms with Crippen molar-refractivity contribution in [1.82, 2.24) is 4.90 Å². The van der Waals surface area contributed by atoms with E-state index in [0.717, 1.165) is 38.3 Å². The van der Waals surface area contributed by atoms with Crippen LogP contribution in [0.1, 0.15) is 40.0 Å². The summed E-state index contributed by atoms with van der Waals surface area (Å²) in [5.41, 5.74) is -0.466. The van der Waals surface area contributed by atoms with Crippen LogP contribution in [-0.4, -0.2) is 58.5 Å². The van der Waals surface area contributed by atoms with Gasteiger partial charge in [-0.3, -0.25) is 4.90 Å². The molecule has 2 unspecified atom stereocenters. The van der Waals surface area contributed by atoms with Gasteiger partial charge in [0, 0.05) is 24.9 Å². The summed E-state index contributed by atoms with van der Waals surface area (Å²) >= 11 is 2.02. The first-order chi connectivity index (χ1) is 8.44. The second-order valence-corrected chi connectivity index (χ2v) is 7.46. The van der Waals surface area contributed by atoms with Gasteiger partial charge in [-0.15, -0.1) is 0 Å². The standard InChI is InChI=1S/C14H27NO2S/c1-4-15(10-13(2,3)16)12-5-7-17-14(9-12)6-8-18-11-14/h12,16H,4-11H2,1-3H3. The summed E-state index contributed by atoms with van der Waals surface area (Å²) in [6.07, 6.45) is 3.45. The van der Waals surface area contributed by atoms with Gasteiger partial charge in [0.15, 0.2) is 0 Å². The molecule has 106 valence electrons. The minimum atomic E-state index is -0.605. The summed E-state index contributed by atoms with van der Waals surface area (Å²) in [6, 6.07) is 0.578. The van der Waals surface area contributed by atoms with Gasteiger partial charge in [-0.1, -0.05) is 6.92 Å². The van der Waals surface area contributed by atoms with E-state index in [2.05, 4.69) is 11.8 Å². The largest absolute Gasteiger partial charge is 0.389 e. The number of aliphatic hydroxyl groups is 1. The molecule has 0 aliphatic carbocycles. The summed E-state index contributed by atoms with van der Waals surface area (Å²) < 4.78 is 6.07. The lowest BCUT2D eigenvalue weighted by molar-refractivity contribution is -0.0970. The molecule has 2 heterocycles. The Morgan fingerprint density at radius 2 is 2.28 bits per heavy atom. The minimum Gasteiger partial charge on any atom is -0.389 e. The number of hydrogen-bond donors (Lipinski definition) is 1. The Labute approximate surface area is 115 Å². The molecule has 2 atom stereocenters. The first-order valence-corrected chi connectivity index (χ1v) is 8.28. The van der Waals surface area contributed by atoms with E-state index >= 15 is 0 Å². The molecule has 2 aliphatic heterocycles. The highest BCUT2D eigenvalue weighted by Gasteiger charge is 2.42. The molecule has 0 bridgehead atoms. The van der Waals surface area contributed by atoms with E-state index in [1.54, 1.807) is 0 Å². The Bertz CT molecular complexity index is 271. The van der Waals surface area contributed by atoms with Crippen LogP contribution in [0.4, 0.5) is 0 Å². The van der Waals surface area contributed by atoms with Crippen molar-refractivity contribution in [2.75, 3.05) is 31.2 Å². The Balaban J connectivity index is 1.98. The monoisotopic (exact) mass is 273 g/mol. The summed E-state index contributed by atoms with van der Waals surface area (Å²) in [6.45, 7) is 8.65. The van der Waals surface area contributed by atoms with E-state index in [1.165, 1.54) is 12.2 Å². The molecule has 2 rings (SSSR count). The van der Waals surface area contributed by atoms with Crippen LogP contribution in [0.3, 0.4) is 0 Å². The lowest BCUT2D eigenvalue weighted by Crippen LogP contribution is -2.52. The van der Waals surface area contributed by atoms with Gasteiger partial charge >= 0.3 is 0 Å². The molecule has 0 aromatic carbocycles. The van der Waals surface area contributed by atoms with Gasteiger partial charge in [0.1, 0.15) is 0 Å². The van der Waals surface area contributed by atoms with Gasteiger partial charge in [0.25, 0.3) is 0 Å². The molecule has 0 aromatic heterocycles. The van der Waals surface area contributed by atoms with Crippen LogP contribution >= 0.6 is 11.8 Å². The summed E-state index contributed by atoms with van der Waals surface area (Å²) in [4.78, 5) is 2.44. The van der Waals surface area contributed by atoms with E-state index in [4.69, 9.17) is 4.74 Å². The smallest absolute Gasteiger partial charge is 0.0795 e. The fourth-order valence-corrected chi connectivity index (χ4v) is 4.55. The number of nitrogens with zero attached hydrogens (tertiary/aromatic N) is 1. The molecule has 2 saturated heterocycles. The van der Waals surface area contributed by atoms with E-state index in [0.29, 0.717) is 6.04 Å². The van der Waals surface area contributed by atoms with Crippen molar-refractivity contribution >= 4 is 11.8 Å². The molecule has 0 radical (unpaired) electrons. The predicted molar refractivity (Wildman–Crippen MR) is 77.2 cm³/mol. The van der Waals surface area contributed by atoms with Gasteiger partial charge in [0.05, 0.1) is 11.2 Å². The van der Waals surface area contributed by atoms with Gasteiger partial charge in [-0.2, -0.15) is 11.8 Å². The predicted octanol–water partition coefficient (Wildman–Crippen LogP) is 2.13. The lowest BCUT2D eigenvalue weighted by atomic mass is 9.88. The van der Waals surface area contributed by atoms with Gasteiger partial charge in [-0.25, -0.2) is 0 Å². The number of likely N-dealkylation sites (N-methyl/N-ethyl adjacent to an activating group) is 1. The third-order valence-corrected chi connectivity index (χ3v) is 5.27. The molecule has 1 spiro atoms. The molecule has 2 fully saturated rings. The molecule has 2 aliphatic rings. The molecular formula is C14H27NO2S. The average molecular weight is 273 g/mol. The Kier molecular flexibility index (Phi) is 4.63. The van der Waals surface area contributed by atoms with E-state index < -0.39 is 5.60 Å². The fourth-order valence-electron chi connectivity index (χ4n) is 3.17. The number of rotatable bonds is 4. The molecule has 0 amide bonds. The lowest BCUT2D eigenvalue weighted by Gasteiger charge is -2.43. The maximum absolute atomic E-state index is 10.0. The highest BCUT2D eigenvalue weighted by molar-refractivity contribution is 7.99. The van der Waals surface area contributed by atoms with Gasteiger partial charge in [-0.05, 0) is 45.4 Å². The molecule has 0 saturated carbocycles. The first-order valence-electron chi connectivity index (χ1n) is 7.12. The zero-order valence-electron chi connectivity index (χ0n) is 11.9. The van der Waals surface area contributed by atoms with Crippen molar-refractivity contribution in [3.8, 4) is 0 Å². The zero-order chi connectivity index (χ0) is 13.2. The molecule has 3 nitrogen and oxygen atoms in total. The van der Waals surface area contributed by atoms with Crippen LogP contribution in [0.5, 0.6) is 0 Å². The average Bonchev–Trinajstić information content (AvgIpc) is 2.73. The maximum Gasteiger partial charge on any atom is 0.0795 e. The SMILES string of the molecule is CCN(CC(C)(C)O)C1CCOC2(CCSC2)C1. The van der Waals surface area contributed by atoms with Crippen LogP contribution in [0.25, 0.3) is 0 Å². The quantitative estimate of drug-likeness (QED) is 0.850. The molecule has 18 heavy (non-hydrogen) atoms. The summed E-state index contributed by atoms with van der Waals surface area (Å²) in [5, 5.41) is 10.0. The van der Waals surface area contributed by atoms with E-state index in [9.17, 15) is 5.11 Å². The summed E-state index contributed by atoms with van der Waals surface area (Å²) in [7, 11) is 0. The van der Waals surface area contributed by atoms with Crippen molar-refractivity contribution < 1.29 is 9.84 Å². The Morgan fingerprint density at radius 3 is 2.83 bits per heavy atom. The molecule has 1 N–H and O–H groups in total. The Hall–Kier alpha value is 0.230. The van der Waals surface area contributed by atoms with Gasteiger partial charge < -0.3 is 9.84 Å². The van der Waals surface area contributed by atoms with Crippen molar-refractivity contribution in [1.29, 1.82) is 0 Å². The minimum absolute atomic E-state index is 0.139. The normalized spacial score (nSPS) is 33.5. The van der Waals surface area contributed by atoms with E-state index in [-0.39, 0.29) is 5.60 Å². The van der Waals surface area contributed by atoms with Crippen LogP contribution in [0.15, 0.2) is 0 Å². The van der Waals surface area contributed by atoms with Crippen LogP contribution < -0.4 is 0 Å². The highest BCUT2D eigenvalue weighted by Crippen LogP contribution is 2.39. The Morgan fingerprint density at radius 1 is 1.50 bits per heavy atom. The van der Waals surface area contributed by atoms with Crippen molar-refractivity contribution in [3.63, 3.8) is 0 Å². The topological polar surface area (TPSA) is 32.7 Å².